The van der Waals surface area contributed by atoms with Crippen molar-refractivity contribution < 1.29 is 13.9 Å². The number of amides is 1. The van der Waals surface area contributed by atoms with Crippen LogP contribution >= 0.6 is 23.1 Å². The van der Waals surface area contributed by atoms with Gasteiger partial charge in [0, 0.05) is 11.1 Å². The Balaban J connectivity index is 1.30. The number of ether oxygens (including phenoxy) is 1. The lowest BCUT2D eigenvalue weighted by Crippen LogP contribution is -2.11. The number of anilines is 1. The molecule has 4 rings (SSSR count). The molecule has 1 amide bonds. The molecule has 0 radical (unpaired) electrons. The van der Waals surface area contributed by atoms with Crippen molar-refractivity contribution in [1.29, 1.82) is 0 Å². The molecule has 0 bridgehead atoms. The van der Waals surface area contributed by atoms with Crippen molar-refractivity contribution in [3.8, 4) is 17.2 Å². The van der Waals surface area contributed by atoms with E-state index in [1.165, 1.54) is 23.1 Å². The highest BCUT2D eigenvalue weighted by Gasteiger charge is 2.13. The predicted octanol–water partition coefficient (Wildman–Crippen LogP) is 4.92. The standard InChI is InChI=1S/C21H19N5O3S2/c1-2-12-28-16-10-8-14(9-11-16)18(27)22-20-25-26-21(31-20)30-13-17-23-24-19(29-17)15-6-4-3-5-7-15/h3-11H,2,12-13H2,1H3,(H,22,25,27). The summed E-state index contributed by atoms with van der Waals surface area (Å²) in [6.07, 6.45) is 0.931. The third kappa shape index (κ3) is 5.68. The maximum Gasteiger partial charge on any atom is 0.257 e. The van der Waals surface area contributed by atoms with Crippen molar-refractivity contribution in [3.63, 3.8) is 0 Å². The summed E-state index contributed by atoms with van der Waals surface area (Å²) in [4.78, 5) is 12.4. The lowest BCUT2D eigenvalue weighted by Gasteiger charge is -2.05. The van der Waals surface area contributed by atoms with Crippen molar-refractivity contribution in [3.05, 3.63) is 66.1 Å². The van der Waals surface area contributed by atoms with Crippen LogP contribution in [-0.4, -0.2) is 32.9 Å². The molecule has 0 aliphatic rings. The average molecular weight is 454 g/mol. The fraction of sp³-hybridized carbons (Fsp3) is 0.190. The van der Waals surface area contributed by atoms with Crippen molar-refractivity contribution >= 4 is 34.1 Å². The Morgan fingerprint density at radius 1 is 1.06 bits per heavy atom. The zero-order valence-corrected chi connectivity index (χ0v) is 18.3. The summed E-state index contributed by atoms with van der Waals surface area (Å²) < 4.78 is 11.9. The van der Waals surface area contributed by atoms with E-state index in [0.717, 1.165) is 17.7 Å². The molecule has 10 heteroatoms. The fourth-order valence-electron chi connectivity index (χ4n) is 2.54. The van der Waals surface area contributed by atoms with E-state index in [0.29, 0.717) is 39.2 Å². The highest BCUT2D eigenvalue weighted by atomic mass is 32.2. The van der Waals surface area contributed by atoms with Crippen LogP contribution in [0.1, 0.15) is 29.6 Å². The average Bonchev–Trinajstić information content (AvgIpc) is 3.47. The molecule has 2 aromatic heterocycles. The van der Waals surface area contributed by atoms with Crippen LogP contribution in [0.4, 0.5) is 5.13 Å². The normalized spacial score (nSPS) is 10.7. The van der Waals surface area contributed by atoms with E-state index in [-0.39, 0.29) is 5.91 Å². The Kier molecular flexibility index (Phi) is 6.90. The number of thioether (sulfide) groups is 1. The number of hydrogen-bond acceptors (Lipinski definition) is 9. The lowest BCUT2D eigenvalue weighted by atomic mass is 10.2. The number of aromatic nitrogens is 4. The van der Waals surface area contributed by atoms with Crippen LogP contribution in [0.5, 0.6) is 5.75 Å². The molecule has 31 heavy (non-hydrogen) atoms. The summed E-state index contributed by atoms with van der Waals surface area (Å²) in [5, 5.41) is 19.5. The van der Waals surface area contributed by atoms with Crippen molar-refractivity contribution in [2.75, 3.05) is 11.9 Å². The molecule has 4 aromatic rings. The SMILES string of the molecule is CCCOc1ccc(C(=O)Nc2nnc(SCc3nnc(-c4ccccc4)o3)s2)cc1. The Labute approximate surface area is 187 Å². The van der Waals surface area contributed by atoms with Crippen LogP contribution in [0.2, 0.25) is 0 Å². The first kappa shape index (κ1) is 21.0. The van der Waals surface area contributed by atoms with Crippen LogP contribution < -0.4 is 10.1 Å². The number of benzene rings is 2. The monoisotopic (exact) mass is 453 g/mol. The van der Waals surface area contributed by atoms with E-state index in [9.17, 15) is 4.79 Å². The first-order valence-electron chi connectivity index (χ1n) is 9.59. The van der Waals surface area contributed by atoms with Crippen LogP contribution in [0.25, 0.3) is 11.5 Å². The largest absolute Gasteiger partial charge is 0.494 e. The van der Waals surface area contributed by atoms with Crippen molar-refractivity contribution in [2.45, 2.75) is 23.4 Å². The molecule has 158 valence electrons. The minimum atomic E-state index is -0.251. The number of nitrogens with zero attached hydrogens (tertiary/aromatic N) is 4. The quantitative estimate of drug-likeness (QED) is 0.281. The molecular formula is C21H19N5O3S2. The maximum atomic E-state index is 12.4. The summed E-state index contributed by atoms with van der Waals surface area (Å²) >= 11 is 2.70. The summed E-state index contributed by atoms with van der Waals surface area (Å²) in [6, 6.07) is 16.6. The number of carbonyl (C=O) groups excluding carboxylic acids is 1. The fourth-order valence-corrected chi connectivity index (χ4v) is 4.13. The smallest absolute Gasteiger partial charge is 0.257 e. The van der Waals surface area contributed by atoms with Gasteiger partial charge in [0.1, 0.15) is 5.75 Å². The predicted molar refractivity (Wildman–Crippen MR) is 119 cm³/mol. The summed E-state index contributed by atoms with van der Waals surface area (Å²) in [5.74, 6) is 1.92. The molecule has 1 N–H and O–H groups in total. The second kappa shape index (κ2) is 10.2. The Morgan fingerprint density at radius 2 is 1.87 bits per heavy atom. The first-order chi connectivity index (χ1) is 15.2. The number of carbonyl (C=O) groups is 1. The van der Waals surface area contributed by atoms with E-state index in [4.69, 9.17) is 9.15 Å². The first-order valence-corrected chi connectivity index (χ1v) is 11.4. The molecule has 0 spiro atoms. The Hall–Kier alpha value is -3.24. The molecular weight excluding hydrogens is 434 g/mol. The summed E-state index contributed by atoms with van der Waals surface area (Å²) in [5.41, 5.74) is 1.39. The molecule has 8 nitrogen and oxygen atoms in total. The van der Waals surface area contributed by atoms with Gasteiger partial charge in [0.2, 0.25) is 16.9 Å². The third-order valence-electron chi connectivity index (χ3n) is 4.02. The highest BCUT2D eigenvalue weighted by Crippen LogP contribution is 2.29. The van der Waals surface area contributed by atoms with Gasteiger partial charge in [-0.2, -0.15) is 0 Å². The topological polar surface area (TPSA) is 103 Å². The summed E-state index contributed by atoms with van der Waals surface area (Å²) in [6.45, 7) is 2.69. The zero-order valence-electron chi connectivity index (χ0n) is 16.6. The van der Waals surface area contributed by atoms with Gasteiger partial charge < -0.3 is 9.15 Å². The van der Waals surface area contributed by atoms with E-state index in [1.54, 1.807) is 24.3 Å². The van der Waals surface area contributed by atoms with Crippen LogP contribution in [0.3, 0.4) is 0 Å². The van der Waals surface area contributed by atoms with Crippen LogP contribution in [-0.2, 0) is 5.75 Å². The molecule has 0 fully saturated rings. The minimum Gasteiger partial charge on any atom is -0.494 e. The molecule has 0 aliphatic carbocycles. The second-order valence-corrected chi connectivity index (χ2v) is 8.56. The van der Waals surface area contributed by atoms with Crippen molar-refractivity contribution in [2.24, 2.45) is 0 Å². The van der Waals surface area contributed by atoms with Gasteiger partial charge in [-0.3, -0.25) is 10.1 Å². The summed E-state index contributed by atoms with van der Waals surface area (Å²) in [7, 11) is 0. The number of nitrogens with one attached hydrogen (secondary N) is 1. The van der Waals surface area contributed by atoms with E-state index >= 15 is 0 Å². The molecule has 2 heterocycles. The van der Waals surface area contributed by atoms with E-state index in [2.05, 4.69) is 25.7 Å². The Morgan fingerprint density at radius 3 is 2.65 bits per heavy atom. The van der Waals surface area contributed by atoms with Gasteiger partial charge in [-0.1, -0.05) is 48.2 Å². The molecule has 0 saturated carbocycles. The number of hydrogen-bond donors (Lipinski definition) is 1. The zero-order chi connectivity index (χ0) is 21.5. The maximum absolute atomic E-state index is 12.4. The Bertz CT molecular complexity index is 1130. The molecule has 2 aromatic carbocycles. The number of rotatable bonds is 9. The van der Waals surface area contributed by atoms with Gasteiger partial charge >= 0.3 is 0 Å². The van der Waals surface area contributed by atoms with Crippen LogP contribution in [0.15, 0.2) is 63.4 Å². The van der Waals surface area contributed by atoms with Crippen LogP contribution in [0, 0.1) is 0 Å². The van der Waals surface area contributed by atoms with Gasteiger partial charge in [0.05, 0.1) is 12.4 Å². The van der Waals surface area contributed by atoms with Gasteiger partial charge in [0.15, 0.2) is 4.34 Å². The molecule has 0 saturated heterocycles. The second-order valence-electron chi connectivity index (χ2n) is 6.36. The van der Waals surface area contributed by atoms with Gasteiger partial charge in [0.25, 0.3) is 5.91 Å². The van der Waals surface area contributed by atoms with Gasteiger partial charge in [-0.25, -0.2) is 0 Å². The van der Waals surface area contributed by atoms with Gasteiger partial charge in [-0.05, 0) is 42.8 Å². The molecule has 0 unspecified atom stereocenters. The van der Waals surface area contributed by atoms with E-state index < -0.39 is 0 Å². The molecule has 0 aliphatic heterocycles. The third-order valence-corrected chi connectivity index (χ3v) is 5.98. The van der Waals surface area contributed by atoms with Crippen molar-refractivity contribution in [1.82, 2.24) is 20.4 Å². The highest BCUT2D eigenvalue weighted by molar-refractivity contribution is 8.00. The van der Waals surface area contributed by atoms with Gasteiger partial charge in [-0.15, -0.1) is 20.4 Å². The minimum absolute atomic E-state index is 0.251. The lowest BCUT2D eigenvalue weighted by molar-refractivity contribution is 0.102. The van der Waals surface area contributed by atoms with E-state index in [1.807, 2.05) is 37.3 Å². The molecule has 0 atom stereocenters.